The lowest BCUT2D eigenvalue weighted by Gasteiger charge is -2.13. The van der Waals surface area contributed by atoms with Crippen LogP contribution in [0.15, 0.2) is 59.7 Å². The monoisotopic (exact) mass is 361 g/mol. The summed E-state index contributed by atoms with van der Waals surface area (Å²) in [5, 5.41) is 13.8. The number of rotatable bonds is 5. The lowest BCUT2D eigenvalue weighted by Crippen LogP contribution is -2.17. The molecule has 1 amide bonds. The molecule has 2 aromatic carbocycles. The van der Waals surface area contributed by atoms with Gasteiger partial charge in [-0.3, -0.25) is 4.79 Å². The third kappa shape index (κ3) is 3.77. The molecular weight excluding hydrogens is 338 g/mol. The van der Waals surface area contributed by atoms with Gasteiger partial charge in [0, 0.05) is 22.6 Å². The van der Waals surface area contributed by atoms with Gasteiger partial charge >= 0.3 is 0 Å². The molecule has 3 aromatic rings. The first-order valence-electron chi connectivity index (χ1n) is 8.91. The van der Waals surface area contributed by atoms with Gasteiger partial charge in [0.2, 0.25) is 0 Å². The van der Waals surface area contributed by atoms with Crippen LogP contribution in [0.3, 0.4) is 0 Å². The van der Waals surface area contributed by atoms with Crippen LogP contribution >= 0.6 is 0 Å². The van der Waals surface area contributed by atoms with E-state index in [0.717, 1.165) is 29.1 Å². The van der Waals surface area contributed by atoms with Gasteiger partial charge in [-0.05, 0) is 50.1 Å². The summed E-state index contributed by atoms with van der Waals surface area (Å²) in [4.78, 5) is 12.1. The van der Waals surface area contributed by atoms with Gasteiger partial charge in [0.1, 0.15) is 5.75 Å². The minimum atomic E-state index is -0.450. The van der Waals surface area contributed by atoms with Gasteiger partial charge in [0.25, 0.3) is 5.91 Å². The summed E-state index contributed by atoms with van der Waals surface area (Å²) < 4.78 is 2.20. The lowest BCUT2D eigenvalue weighted by atomic mass is 10.1. The number of amides is 1. The Morgan fingerprint density at radius 1 is 1.15 bits per heavy atom. The van der Waals surface area contributed by atoms with Gasteiger partial charge in [0.15, 0.2) is 0 Å². The molecule has 0 spiro atoms. The maximum atomic E-state index is 12.1. The van der Waals surface area contributed by atoms with Crippen LogP contribution in [0, 0.1) is 13.8 Å². The second kappa shape index (κ2) is 7.91. The topological polar surface area (TPSA) is 66.6 Å². The highest BCUT2D eigenvalue weighted by molar-refractivity contribution is 5.97. The Kier molecular flexibility index (Phi) is 5.41. The van der Waals surface area contributed by atoms with Crippen molar-refractivity contribution in [2.45, 2.75) is 27.2 Å². The number of carbonyl (C=O) groups is 1. The predicted octanol–water partition coefficient (Wildman–Crippen LogP) is 4.13. The first-order valence-corrected chi connectivity index (χ1v) is 8.91. The van der Waals surface area contributed by atoms with Crippen LogP contribution in [0.1, 0.15) is 39.8 Å². The summed E-state index contributed by atoms with van der Waals surface area (Å²) in [5.74, 6) is -0.519. The SMILES string of the molecule is CCc1ccccc1-n1c(C)cc(/C=N/NC(=O)c2ccccc2O)c1C. The number of aryl methyl sites for hydroxylation is 2. The van der Waals surface area contributed by atoms with Crippen molar-refractivity contribution < 1.29 is 9.90 Å². The molecular formula is C22H23N3O2. The second-order valence-corrected chi connectivity index (χ2v) is 6.36. The van der Waals surface area contributed by atoms with E-state index < -0.39 is 5.91 Å². The van der Waals surface area contributed by atoms with E-state index >= 15 is 0 Å². The fourth-order valence-corrected chi connectivity index (χ4v) is 3.20. The molecule has 0 aliphatic heterocycles. The summed E-state index contributed by atoms with van der Waals surface area (Å²) in [6, 6.07) is 16.7. The lowest BCUT2D eigenvalue weighted by molar-refractivity contribution is 0.0952. The van der Waals surface area contributed by atoms with Crippen molar-refractivity contribution in [2.75, 3.05) is 0 Å². The average Bonchev–Trinajstić information content (AvgIpc) is 2.95. The number of phenolic OH excluding ortho intramolecular Hbond substituents is 1. The highest BCUT2D eigenvalue weighted by atomic mass is 16.3. The van der Waals surface area contributed by atoms with Gasteiger partial charge in [-0.1, -0.05) is 37.3 Å². The summed E-state index contributed by atoms with van der Waals surface area (Å²) >= 11 is 0. The van der Waals surface area contributed by atoms with E-state index in [1.165, 1.54) is 11.6 Å². The number of hydrogen-bond donors (Lipinski definition) is 2. The summed E-state index contributed by atoms with van der Waals surface area (Å²) in [7, 11) is 0. The quantitative estimate of drug-likeness (QED) is 0.530. The molecule has 0 saturated heterocycles. The zero-order valence-corrected chi connectivity index (χ0v) is 15.7. The number of aromatic nitrogens is 1. The molecule has 0 atom stereocenters. The molecule has 27 heavy (non-hydrogen) atoms. The number of nitrogens with one attached hydrogen (secondary N) is 1. The fraction of sp³-hybridized carbons (Fsp3) is 0.182. The first kappa shape index (κ1) is 18.5. The molecule has 0 aliphatic rings. The van der Waals surface area contributed by atoms with Crippen LogP contribution in [0.2, 0.25) is 0 Å². The average molecular weight is 361 g/mol. The molecule has 0 bridgehead atoms. The third-order valence-electron chi connectivity index (χ3n) is 4.60. The molecule has 0 fully saturated rings. The Balaban J connectivity index is 1.84. The minimum Gasteiger partial charge on any atom is -0.507 e. The number of aromatic hydroxyl groups is 1. The second-order valence-electron chi connectivity index (χ2n) is 6.36. The molecule has 1 heterocycles. The number of hydrogen-bond acceptors (Lipinski definition) is 3. The van der Waals surface area contributed by atoms with E-state index in [-0.39, 0.29) is 11.3 Å². The number of benzene rings is 2. The van der Waals surface area contributed by atoms with E-state index in [9.17, 15) is 9.90 Å². The Hall–Kier alpha value is -3.34. The molecule has 0 saturated carbocycles. The fourth-order valence-electron chi connectivity index (χ4n) is 3.20. The largest absolute Gasteiger partial charge is 0.507 e. The molecule has 0 aliphatic carbocycles. The van der Waals surface area contributed by atoms with Crippen molar-refractivity contribution >= 4 is 12.1 Å². The molecule has 3 rings (SSSR count). The molecule has 138 valence electrons. The van der Waals surface area contributed by atoms with Crippen LogP contribution in [0.4, 0.5) is 0 Å². The summed E-state index contributed by atoms with van der Waals surface area (Å²) in [6.45, 7) is 6.23. The van der Waals surface area contributed by atoms with Gasteiger partial charge in [-0.25, -0.2) is 5.43 Å². The van der Waals surface area contributed by atoms with Gasteiger partial charge in [-0.15, -0.1) is 0 Å². The molecule has 1 aromatic heterocycles. The maximum absolute atomic E-state index is 12.1. The number of phenols is 1. The minimum absolute atomic E-state index is 0.0699. The van der Waals surface area contributed by atoms with Crippen LogP contribution in [-0.4, -0.2) is 21.8 Å². The zero-order valence-electron chi connectivity index (χ0n) is 15.7. The maximum Gasteiger partial charge on any atom is 0.275 e. The molecule has 0 unspecified atom stereocenters. The van der Waals surface area contributed by atoms with Crippen LogP contribution in [-0.2, 0) is 6.42 Å². The zero-order chi connectivity index (χ0) is 19.4. The smallest absolute Gasteiger partial charge is 0.275 e. The van der Waals surface area contributed by atoms with E-state index in [0.29, 0.717) is 0 Å². The number of carbonyl (C=O) groups excluding carboxylic acids is 1. The van der Waals surface area contributed by atoms with Crippen LogP contribution in [0.25, 0.3) is 5.69 Å². The van der Waals surface area contributed by atoms with E-state index in [1.54, 1.807) is 24.4 Å². The highest BCUT2D eigenvalue weighted by Gasteiger charge is 2.12. The van der Waals surface area contributed by atoms with E-state index in [1.807, 2.05) is 25.1 Å². The standard InChI is InChI=1S/C22H23N3O2/c1-4-17-9-5-7-11-20(17)25-15(2)13-18(16(25)3)14-23-24-22(27)19-10-6-8-12-21(19)26/h5-14,26H,4H2,1-3H3,(H,24,27)/b23-14+. The number of para-hydroxylation sites is 2. The summed E-state index contributed by atoms with van der Waals surface area (Å²) in [5.41, 5.74) is 8.17. The number of hydrazone groups is 1. The van der Waals surface area contributed by atoms with Gasteiger partial charge in [-0.2, -0.15) is 5.10 Å². The Morgan fingerprint density at radius 2 is 1.85 bits per heavy atom. The Morgan fingerprint density at radius 3 is 2.59 bits per heavy atom. The normalized spacial score (nSPS) is 11.1. The first-order chi connectivity index (χ1) is 13.0. The highest BCUT2D eigenvalue weighted by Crippen LogP contribution is 2.23. The third-order valence-corrected chi connectivity index (χ3v) is 4.60. The van der Waals surface area contributed by atoms with Crippen molar-refractivity contribution in [3.05, 3.63) is 82.7 Å². The Labute approximate surface area is 159 Å². The summed E-state index contributed by atoms with van der Waals surface area (Å²) in [6.07, 6.45) is 2.58. The van der Waals surface area contributed by atoms with Crippen molar-refractivity contribution in [3.63, 3.8) is 0 Å². The molecule has 5 heteroatoms. The Bertz CT molecular complexity index is 1000. The van der Waals surface area contributed by atoms with Crippen LogP contribution in [0.5, 0.6) is 5.75 Å². The predicted molar refractivity (Wildman–Crippen MR) is 108 cm³/mol. The van der Waals surface area contributed by atoms with Gasteiger partial charge < -0.3 is 9.67 Å². The van der Waals surface area contributed by atoms with Crippen molar-refractivity contribution in [2.24, 2.45) is 5.10 Å². The molecule has 0 radical (unpaired) electrons. The molecule has 2 N–H and O–H groups in total. The molecule has 5 nitrogen and oxygen atoms in total. The van der Waals surface area contributed by atoms with E-state index in [4.69, 9.17) is 0 Å². The van der Waals surface area contributed by atoms with E-state index in [2.05, 4.69) is 41.1 Å². The number of nitrogens with zero attached hydrogens (tertiary/aromatic N) is 2. The van der Waals surface area contributed by atoms with Crippen molar-refractivity contribution in [3.8, 4) is 11.4 Å². The van der Waals surface area contributed by atoms with Gasteiger partial charge in [0.05, 0.1) is 11.8 Å². The van der Waals surface area contributed by atoms with Crippen molar-refractivity contribution in [1.29, 1.82) is 0 Å². The van der Waals surface area contributed by atoms with Crippen LogP contribution < -0.4 is 5.43 Å². The van der Waals surface area contributed by atoms with Crippen molar-refractivity contribution in [1.82, 2.24) is 9.99 Å².